The summed E-state index contributed by atoms with van der Waals surface area (Å²) < 4.78 is 5.90. The Hall–Kier alpha value is -3.21. The van der Waals surface area contributed by atoms with Crippen LogP contribution >= 0.6 is 0 Å². The number of Topliss-reactive ketones (excluding diaryl/α,β-unsaturated/α-hetero) is 2. The molecule has 0 unspecified atom stereocenters. The number of ketones is 2. The van der Waals surface area contributed by atoms with Crippen LogP contribution < -0.4 is 0 Å². The van der Waals surface area contributed by atoms with Gasteiger partial charge in [-0.15, -0.1) is 0 Å². The van der Waals surface area contributed by atoms with E-state index in [2.05, 4.69) is 4.98 Å². The Bertz CT molecular complexity index is 1120. The number of carbonyl (C=O) groups is 3. The average molecular weight is 415 g/mol. The number of carbonyl (C=O) groups excluding carboxylic acids is 3. The van der Waals surface area contributed by atoms with E-state index in [4.69, 9.17) is 4.74 Å². The fourth-order valence-corrected chi connectivity index (χ4v) is 5.20. The number of fused-ring (bicyclic) bond motifs is 3. The molecule has 2 aliphatic rings. The third-order valence-corrected chi connectivity index (χ3v) is 6.81. The molecule has 5 heteroatoms. The molecule has 2 aromatic carbocycles. The fourth-order valence-electron chi connectivity index (χ4n) is 5.20. The summed E-state index contributed by atoms with van der Waals surface area (Å²) in [4.78, 5) is 42.2. The summed E-state index contributed by atoms with van der Waals surface area (Å²) in [6.07, 6.45) is 4.51. The molecule has 0 spiro atoms. The molecule has 1 N–H and O–H groups in total. The molecule has 3 atom stereocenters. The summed E-state index contributed by atoms with van der Waals surface area (Å²) in [5, 5.41) is 0.808. The van der Waals surface area contributed by atoms with E-state index in [-0.39, 0.29) is 29.5 Å². The van der Waals surface area contributed by atoms with Crippen molar-refractivity contribution >= 4 is 28.4 Å². The molecular weight excluding hydrogens is 390 g/mol. The lowest BCUT2D eigenvalue weighted by Gasteiger charge is -2.36. The van der Waals surface area contributed by atoms with Gasteiger partial charge in [-0.3, -0.25) is 14.4 Å². The Labute approximate surface area is 180 Å². The zero-order chi connectivity index (χ0) is 21.4. The molecule has 31 heavy (non-hydrogen) atoms. The molecule has 5 nitrogen and oxygen atoms in total. The second kappa shape index (κ2) is 8.14. The van der Waals surface area contributed by atoms with Gasteiger partial charge in [-0.25, -0.2) is 0 Å². The van der Waals surface area contributed by atoms with E-state index in [1.807, 2.05) is 54.6 Å². The monoisotopic (exact) mass is 415 g/mol. The average Bonchev–Trinajstić information content (AvgIpc) is 3.21. The summed E-state index contributed by atoms with van der Waals surface area (Å²) in [5.74, 6) is -0.704. The lowest BCUT2D eigenvalue weighted by atomic mass is 9.67. The molecule has 5 rings (SSSR count). The molecule has 2 aliphatic carbocycles. The van der Waals surface area contributed by atoms with Gasteiger partial charge < -0.3 is 9.72 Å². The molecule has 158 valence electrons. The molecule has 3 aromatic rings. The number of para-hydroxylation sites is 1. The van der Waals surface area contributed by atoms with Gasteiger partial charge in [0.15, 0.2) is 6.10 Å². The smallest absolute Gasteiger partial charge is 0.310 e. The predicted octanol–water partition coefficient (Wildman–Crippen LogP) is 5.03. The van der Waals surface area contributed by atoms with Crippen molar-refractivity contribution in [2.75, 3.05) is 0 Å². The van der Waals surface area contributed by atoms with E-state index in [9.17, 15) is 14.4 Å². The Morgan fingerprint density at radius 1 is 0.935 bits per heavy atom. The Balaban J connectivity index is 1.43. The number of aromatic nitrogens is 1. The molecule has 0 amide bonds. The van der Waals surface area contributed by atoms with Crippen LogP contribution in [-0.2, 0) is 14.3 Å². The van der Waals surface area contributed by atoms with Crippen LogP contribution in [0.5, 0.6) is 0 Å². The summed E-state index contributed by atoms with van der Waals surface area (Å²) in [6, 6.07) is 16.7. The van der Waals surface area contributed by atoms with Crippen molar-refractivity contribution in [2.45, 2.75) is 38.2 Å². The standard InChI is InChI=1S/C26H25NO4/c28-23-17-9-6-10-18(23)14-19(13-17)26(30)31-25(16-7-2-1-3-8-16)24(29)21-15-27-22-12-5-4-11-20(21)22/h1-5,7-8,11-12,15,17-19,25,27H,6,9-10,13-14H2/t17-,18-,25-/m0/s1. The quantitative estimate of drug-likeness (QED) is 0.468. The first-order valence-electron chi connectivity index (χ1n) is 11.0. The molecule has 1 aromatic heterocycles. The zero-order valence-electron chi connectivity index (χ0n) is 17.3. The minimum absolute atomic E-state index is 0.0375. The highest BCUT2D eigenvalue weighted by Gasteiger charge is 2.43. The van der Waals surface area contributed by atoms with Gasteiger partial charge in [-0.05, 0) is 31.7 Å². The van der Waals surface area contributed by atoms with Crippen molar-refractivity contribution in [1.29, 1.82) is 0 Å². The van der Waals surface area contributed by atoms with E-state index >= 15 is 0 Å². The second-order valence-corrected chi connectivity index (χ2v) is 8.74. The minimum Gasteiger partial charge on any atom is -0.449 e. The molecule has 0 saturated heterocycles. The Morgan fingerprint density at radius 2 is 1.61 bits per heavy atom. The van der Waals surface area contributed by atoms with Crippen molar-refractivity contribution in [3.63, 3.8) is 0 Å². The molecule has 2 saturated carbocycles. The topological polar surface area (TPSA) is 76.2 Å². The van der Waals surface area contributed by atoms with E-state index in [1.165, 1.54) is 0 Å². The maximum absolute atomic E-state index is 13.5. The minimum atomic E-state index is -1.01. The zero-order valence-corrected chi connectivity index (χ0v) is 17.3. The van der Waals surface area contributed by atoms with Gasteiger partial charge in [0, 0.05) is 40.1 Å². The number of hydrogen-bond acceptors (Lipinski definition) is 4. The number of hydrogen-bond donors (Lipinski definition) is 1. The number of benzene rings is 2. The molecule has 0 aliphatic heterocycles. The highest BCUT2D eigenvalue weighted by molar-refractivity contribution is 6.10. The molecule has 0 radical (unpaired) electrons. The van der Waals surface area contributed by atoms with Crippen molar-refractivity contribution in [1.82, 2.24) is 4.98 Å². The van der Waals surface area contributed by atoms with Gasteiger partial charge in [0.2, 0.25) is 5.78 Å². The normalized spacial score (nSPS) is 24.0. The van der Waals surface area contributed by atoms with Gasteiger partial charge in [0.05, 0.1) is 5.92 Å². The predicted molar refractivity (Wildman–Crippen MR) is 116 cm³/mol. The van der Waals surface area contributed by atoms with Crippen LogP contribution in [0.4, 0.5) is 0 Å². The van der Waals surface area contributed by atoms with Gasteiger partial charge >= 0.3 is 5.97 Å². The number of nitrogens with one attached hydrogen (secondary N) is 1. The summed E-state index contributed by atoms with van der Waals surface area (Å²) >= 11 is 0. The van der Waals surface area contributed by atoms with E-state index in [1.54, 1.807) is 6.20 Å². The third kappa shape index (κ3) is 3.69. The first-order chi connectivity index (χ1) is 15.1. The third-order valence-electron chi connectivity index (χ3n) is 6.81. The van der Waals surface area contributed by atoms with Crippen LogP contribution in [0.25, 0.3) is 10.9 Å². The maximum atomic E-state index is 13.5. The Morgan fingerprint density at radius 3 is 2.35 bits per heavy atom. The van der Waals surface area contributed by atoms with Crippen LogP contribution in [0.1, 0.15) is 54.1 Å². The first kappa shape index (κ1) is 19.7. The maximum Gasteiger partial charge on any atom is 0.310 e. The van der Waals surface area contributed by atoms with E-state index < -0.39 is 6.10 Å². The van der Waals surface area contributed by atoms with Crippen LogP contribution in [0, 0.1) is 17.8 Å². The van der Waals surface area contributed by atoms with Crippen molar-refractivity contribution < 1.29 is 19.1 Å². The van der Waals surface area contributed by atoms with Crippen molar-refractivity contribution in [3.8, 4) is 0 Å². The molecule has 2 fully saturated rings. The first-order valence-corrected chi connectivity index (χ1v) is 11.0. The van der Waals surface area contributed by atoms with Gasteiger partial charge in [-0.2, -0.15) is 0 Å². The Kier molecular flexibility index (Phi) is 5.18. The van der Waals surface area contributed by atoms with Crippen LogP contribution in [0.15, 0.2) is 60.8 Å². The largest absolute Gasteiger partial charge is 0.449 e. The number of esters is 1. The fraction of sp³-hybridized carbons (Fsp3) is 0.346. The van der Waals surface area contributed by atoms with Gasteiger partial charge in [0.25, 0.3) is 0 Å². The molecule has 1 heterocycles. The van der Waals surface area contributed by atoms with Crippen LogP contribution in [0.2, 0.25) is 0 Å². The lowest BCUT2D eigenvalue weighted by molar-refractivity contribution is -0.156. The summed E-state index contributed by atoms with van der Waals surface area (Å²) in [5.41, 5.74) is 2.02. The van der Waals surface area contributed by atoms with Crippen molar-refractivity contribution in [3.05, 3.63) is 71.9 Å². The lowest BCUT2D eigenvalue weighted by Crippen LogP contribution is -2.40. The SMILES string of the molecule is O=C(O[C@H](C(=O)c1c[nH]c2ccccc12)c1ccccc1)C1C[C@@H]2CCC[C@@H](C1)C2=O. The summed E-state index contributed by atoms with van der Waals surface area (Å²) in [6.45, 7) is 0. The second-order valence-electron chi connectivity index (χ2n) is 8.74. The highest BCUT2D eigenvalue weighted by Crippen LogP contribution is 2.41. The van der Waals surface area contributed by atoms with Crippen LogP contribution in [-0.4, -0.2) is 22.5 Å². The number of H-pyrrole nitrogens is 1. The van der Waals surface area contributed by atoms with Gasteiger partial charge in [-0.1, -0.05) is 55.0 Å². The number of rotatable bonds is 5. The van der Waals surface area contributed by atoms with Gasteiger partial charge in [0.1, 0.15) is 5.78 Å². The molecule has 2 bridgehead atoms. The van der Waals surface area contributed by atoms with Crippen LogP contribution in [0.3, 0.4) is 0 Å². The molecular formula is C26H25NO4. The van der Waals surface area contributed by atoms with E-state index in [0.29, 0.717) is 29.8 Å². The highest BCUT2D eigenvalue weighted by atomic mass is 16.5. The van der Waals surface area contributed by atoms with E-state index in [0.717, 1.165) is 30.2 Å². The summed E-state index contributed by atoms with van der Waals surface area (Å²) in [7, 11) is 0. The van der Waals surface area contributed by atoms with Crippen molar-refractivity contribution in [2.24, 2.45) is 17.8 Å². The number of ether oxygens (including phenoxy) is 1. The number of aromatic amines is 1.